The average molecular weight is 266 g/mol. The third kappa shape index (κ3) is 4.04. The molecule has 1 atom stereocenters. The Labute approximate surface area is 113 Å². The zero-order valence-electron chi connectivity index (χ0n) is 11.6. The minimum Gasteiger partial charge on any atom is -0.384 e. The van der Waals surface area contributed by atoms with Gasteiger partial charge in [-0.1, -0.05) is 6.92 Å². The molecular weight excluding hydrogens is 244 g/mol. The van der Waals surface area contributed by atoms with Crippen LogP contribution >= 0.6 is 0 Å². The van der Waals surface area contributed by atoms with Crippen molar-refractivity contribution in [3.05, 3.63) is 22.6 Å². The Morgan fingerprint density at radius 3 is 3.11 bits per heavy atom. The molecule has 1 aliphatic rings. The van der Waals surface area contributed by atoms with E-state index in [1.54, 1.807) is 12.3 Å². The number of hydrogen-bond donors (Lipinski definition) is 1. The molecule has 1 aliphatic heterocycles. The van der Waals surface area contributed by atoms with Crippen molar-refractivity contribution in [2.24, 2.45) is 0 Å². The van der Waals surface area contributed by atoms with E-state index in [2.05, 4.69) is 29.3 Å². The molecule has 106 valence electrons. The number of rotatable bonds is 5. The molecule has 1 unspecified atom stereocenters. The van der Waals surface area contributed by atoms with Gasteiger partial charge in [-0.05, 0) is 13.5 Å². The van der Waals surface area contributed by atoms with E-state index in [1.165, 1.54) is 4.68 Å². The lowest BCUT2D eigenvalue weighted by Gasteiger charge is -2.29. The second kappa shape index (κ2) is 6.68. The van der Waals surface area contributed by atoms with Gasteiger partial charge in [-0.15, -0.1) is 0 Å². The summed E-state index contributed by atoms with van der Waals surface area (Å²) < 4.78 is 7.12. The van der Waals surface area contributed by atoms with Crippen molar-refractivity contribution < 1.29 is 4.74 Å². The van der Waals surface area contributed by atoms with Crippen LogP contribution in [0.2, 0.25) is 0 Å². The van der Waals surface area contributed by atoms with E-state index >= 15 is 0 Å². The third-order valence-corrected chi connectivity index (χ3v) is 3.17. The number of aromatic nitrogens is 2. The summed E-state index contributed by atoms with van der Waals surface area (Å²) in [6.07, 6.45) is 2.76. The van der Waals surface area contributed by atoms with Gasteiger partial charge in [-0.3, -0.25) is 4.79 Å². The monoisotopic (exact) mass is 266 g/mol. The molecule has 0 aliphatic carbocycles. The molecule has 0 aromatic carbocycles. The zero-order chi connectivity index (χ0) is 13.7. The van der Waals surface area contributed by atoms with E-state index in [1.807, 2.05) is 0 Å². The SMILES string of the molecule is CCCNc1cnn(CC2CN(C)CCO2)c(=O)c1. The molecule has 0 amide bonds. The minimum absolute atomic E-state index is 0.0402. The Balaban J connectivity index is 1.98. The lowest BCUT2D eigenvalue weighted by atomic mass is 10.3. The highest BCUT2D eigenvalue weighted by atomic mass is 16.5. The standard InChI is InChI=1S/C13H22N4O2/c1-3-4-14-11-7-13(18)17(15-8-11)10-12-9-16(2)5-6-19-12/h7-8,12,14H,3-6,9-10H2,1-2H3. The van der Waals surface area contributed by atoms with Crippen LogP contribution in [0.15, 0.2) is 17.1 Å². The number of nitrogens with zero attached hydrogens (tertiary/aromatic N) is 3. The topological polar surface area (TPSA) is 59.4 Å². The normalized spacial score (nSPS) is 20.4. The van der Waals surface area contributed by atoms with Gasteiger partial charge in [0, 0.05) is 25.7 Å². The van der Waals surface area contributed by atoms with Crippen LogP contribution in [0.3, 0.4) is 0 Å². The highest BCUT2D eigenvalue weighted by Gasteiger charge is 2.18. The molecule has 0 spiro atoms. The van der Waals surface area contributed by atoms with E-state index in [0.717, 1.165) is 31.7 Å². The fourth-order valence-electron chi connectivity index (χ4n) is 2.11. The molecule has 1 saturated heterocycles. The van der Waals surface area contributed by atoms with Crippen molar-refractivity contribution in [1.29, 1.82) is 0 Å². The molecule has 1 fully saturated rings. The molecule has 6 heteroatoms. The van der Waals surface area contributed by atoms with Gasteiger partial charge in [0.05, 0.1) is 31.1 Å². The van der Waals surface area contributed by atoms with Crippen LogP contribution in [0.4, 0.5) is 5.69 Å². The fourth-order valence-corrected chi connectivity index (χ4v) is 2.11. The molecule has 2 heterocycles. The maximum Gasteiger partial charge on any atom is 0.268 e. The zero-order valence-corrected chi connectivity index (χ0v) is 11.6. The Bertz CT molecular complexity index is 460. The summed E-state index contributed by atoms with van der Waals surface area (Å²) in [5.74, 6) is 0. The molecule has 6 nitrogen and oxygen atoms in total. The van der Waals surface area contributed by atoms with Gasteiger partial charge < -0.3 is 15.0 Å². The van der Waals surface area contributed by atoms with Crippen LogP contribution < -0.4 is 10.9 Å². The number of ether oxygens (including phenoxy) is 1. The van der Waals surface area contributed by atoms with E-state index < -0.39 is 0 Å². The molecule has 0 saturated carbocycles. The quantitative estimate of drug-likeness (QED) is 0.836. The molecule has 0 radical (unpaired) electrons. The van der Waals surface area contributed by atoms with Crippen molar-refractivity contribution >= 4 is 5.69 Å². The fraction of sp³-hybridized carbons (Fsp3) is 0.692. The second-order valence-electron chi connectivity index (χ2n) is 4.95. The smallest absolute Gasteiger partial charge is 0.268 e. The van der Waals surface area contributed by atoms with E-state index in [4.69, 9.17) is 4.74 Å². The van der Waals surface area contributed by atoms with Crippen molar-refractivity contribution in [3.63, 3.8) is 0 Å². The molecular formula is C13H22N4O2. The number of nitrogens with one attached hydrogen (secondary N) is 1. The lowest BCUT2D eigenvalue weighted by molar-refractivity contribution is -0.0296. The van der Waals surface area contributed by atoms with Gasteiger partial charge in [0.2, 0.25) is 0 Å². The molecule has 2 rings (SSSR count). The Morgan fingerprint density at radius 1 is 1.58 bits per heavy atom. The third-order valence-electron chi connectivity index (χ3n) is 3.17. The summed E-state index contributed by atoms with van der Waals surface area (Å²) in [4.78, 5) is 14.2. The Morgan fingerprint density at radius 2 is 2.42 bits per heavy atom. The molecule has 1 aromatic rings. The molecule has 19 heavy (non-hydrogen) atoms. The van der Waals surface area contributed by atoms with Crippen LogP contribution in [0.25, 0.3) is 0 Å². The van der Waals surface area contributed by atoms with Crippen LogP contribution in [0.5, 0.6) is 0 Å². The summed E-state index contributed by atoms with van der Waals surface area (Å²) in [5.41, 5.74) is 0.697. The first kappa shape index (κ1) is 14.0. The van der Waals surface area contributed by atoms with Gasteiger partial charge in [0.15, 0.2) is 0 Å². The predicted molar refractivity (Wildman–Crippen MR) is 74.5 cm³/mol. The number of morpholine rings is 1. The maximum absolute atomic E-state index is 11.9. The summed E-state index contributed by atoms with van der Waals surface area (Å²) in [6.45, 7) is 5.94. The van der Waals surface area contributed by atoms with Crippen LogP contribution in [0.1, 0.15) is 13.3 Å². The molecule has 1 aromatic heterocycles. The van der Waals surface area contributed by atoms with Crippen LogP contribution in [-0.4, -0.2) is 54.1 Å². The Kier molecular flexibility index (Phi) is 4.93. The van der Waals surface area contributed by atoms with Crippen molar-refractivity contribution in [2.75, 3.05) is 38.6 Å². The van der Waals surface area contributed by atoms with Gasteiger partial charge >= 0.3 is 0 Å². The highest BCUT2D eigenvalue weighted by molar-refractivity contribution is 5.38. The summed E-state index contributed by atoms with van der Waals surface area (Å²) >= 11 is 0. The van der Waals surface area contributed by atoms with Gasteiger partial charge in [0.25, 0.3) is 5.56 Å². The number of likely N-dealkylation sites (N-methyl/N-ethyl adjacent to an activating group) is 1. The van der Waals surface area contributed by atoms with Crippen LogP contribution in [0, 0.1) is 0 Å². The number of hydrogen-bond acceptors (Lipinski definition) is 5. The summed E-state index contributed by atoms with van der Waals surface area (Å²) in [6, 6.07) is 1.59. The summed E-state index contributed by atoms with van der Waals surface area (Å²) in [7, 11) is 2.06. The van der Waals surface area contributed by atoms with Crippen LogP contribution in [-0.2, 0) is 11.3 Å². The second-order valence-corrected chi connectivity index (χ2v) is 4.95. The molecule has 1 N–H and O–H groups in total. The minimum atomic E-state index is -0.0853. The van der Waals surface area contributed by atoms with Crippen molar-refractivity contribution in [3.8, 4) is 0 Å². The summed E-state index contributed by atoms with van der Waals surface area (Å²) in [5, 5.41) is 7.35. The number of anilines is 1. The predicted octanol–water partition coefficient (Wildman–Crippen LogP) is 0.396. The van der Waals surface area contributed by atoms with Crippen molar-refractivity contribution in [2.45, 2.75) is 26.0 Å². The first-order valence-corrected chi connectivity index (χ1v) is 6.80. The van der Waals surface area contributed by atoms with E-state index in [0.29, 0.717) is 13.2 Å². The lowest BCUT2D eigenvalue weighted by Crippen LogP contribution is -2.43. The van der Waals surface area contributed by atoms with E-state index in [-0.39, 0.29) is 11.7 Å². The highest BCUT2D eigenvalue weighted by Crippen LogP contribution is 2.05. The largest absolute Gasteiger partial charge is 0.384 e. The average Bonchev–Trinajstić information content (AvgIpc) is 2.39. The maximum atomic E-state index is 11.9. The van der Waals surface area contributed by atoms with Gasteiger partial charge in [-0.2, -0.15) is 5.10 Å². The van der Waals surface area contributed by atoms with E-state index in [9.17, 15) is 4.79 Å². The first-order valence-electron chi connectivity index (χ1n) is 6.80. The first-order chi connectivity index (χ1) is 9.19. The van der Waals surface area contributed by atoms with Gasteiger partial charge in [-0.25, -0.2) is 4.68 Å². The molecule has 0 bridgehead atoms. The van der Waals surface area contributed by atoms with Gasteiger partial charge in [0.1, 0.15) is 0 Å². The van der Waals surface area contributed by atoms with Crippen molar-refractivity contribution in [1.82, 2.24) is 14.7 Å². The Hall–Kier alpha value is -1.40.